The van der Waals surface area contributed by atoms with Gasteiger partial charge in [0.25, 0.3) is 11.8 Å². The first-order valence-corrected chi connectivity index (χ1v) is 14.2. The fourth-order valence-corrected chi connectivity index (χ4v) is 7.17. The molecule has 0 bridgehead atoms. The van der Waals surface area contributed by atoms with Crippen LogP contribution in [0.15, 0.2) is 29.3 Å². The highest BCUT2D eigenvalue weighted by molar-refractivity contribution is 7.23. The molecule has 1 spiro atoms. The van der Waals surface area contributed by atoms with E-state index in [1.807, 2.05) is 54.8 Å². The van der Waals surface area contributed by atoms with E-state index in [0.29, 0.717) is 49.3 Å². The van der Waals surface area contributed by atoms with Crippen molar-refractivity contribution in [1.82, 2.24) is 20.0 Å². The zero-order valence-corrected chi connectivity index (χ0v) is 22.7. The summed E-state index contributed by atoms with van der Waals surface area (Å²) in [6.07, 6.45) is 3.48. The molecule has 37 heavy (non-hydrogen) atoms. The molecule has 198 valence electrons. The monoisotopic (exact) mass is 524 g/mol. The minimum absolute atomic E-state index is 0.0393. The Kier molecular flexibility index (Phi) is 7.22. The van der Waals surface area contributed by atoms with Gasteiger partial charge in [-0.3, -0.25) is 29.7 Å². The molecule has 1 atom stereocenters. The zero-order chi connectivity index (χ0) is 26.2. The maximum Gasteiger partial charge on any atom is 0.319 e. The molecule has 2 aromatic rings. The normalized spacial score (nSPS) is 23.1. The summed E-state index contributed by atoms with van der Waals surface area (Å²) in [6, 6.07) is 7.82. The summed E-state index contributed by atoms with van der Waals surface area (Å²) in [5, 5.41) is 7.10. The van der Waals surface area contributed by atoms with Crippen LogP contribution in [-0.2, 0) is 4.79 Å². The summed E-state index contributed by atoms with van der Waals surface area (Å²) in [5.41, 5.74) is -0.0659. The number of anilines is 1. The van der Waals surface area contributed by atoms with Crippen molar-refractivity contribution in [2.24, 2.45) is 4.99 Å². The van der Waals surface area contributed by atoms with Crippen LogP contribution in [0.1, 0.15) is 56.8 Å². The zero-order valence-electron chi connectivity index (χ0n) is 21.9. The predicted octanol–water partition coefficient (Wildman–Crippen LogP) is 3.76. The third kappa shape index (κ3) is 4.72. The highest BCUT2D eigenvalue weighted by atomic mass is 32.1. The molecule has 3 aliphatic heterocycles. The van der Waals surface area contributed by atoms with Gasteiger partial charge in [-0.05, 0) is 59.1 Å². The van der Waals surface area contributed by atoms with Gasteiger partial charge in [-0.1, -0.05) is 18.2 Å². The maximum absolute atomic E-state index is 13.7. The molecule has 0 saturated carbocycles. The molecule has 4 amide bonds. The SMILES string of the molecule is CCNC(=O)Nc1sc2ccccc2c1C(=O)N1CCC(N2CCCC3(C2)N=C(C)N(CC)C3=O)CC1. The van der Waals surface area contributed by atoms with Crippen LogP contribution in [0, 0.1) is 0 Å². The number of amides is 4. The van der Waals surface area contributed by atoms with E-state index in [2.05, 4.69) is 15.5 Å². The summed E-state index contributed by atoms with van der Waals surface area (Å²) in [5.74, 6) is 0.929. The highest BCUT2D eigenvalue weighted by Crippen LogP contribution is 2.38. The molecule has 0 aliphatic carbocycles. The Morgan fingerprint density at radius 2 is 1.92 bits per heavy atom. The van der Waals surface area contributed by atoms with Gasteiger partial charge in [-0.15, -0.1) is 11.3 Å². The van der Waals surface area contributed by atoms with E-state index in [0.717, 1.165) is 48.1 Å². The number of nitrogens with zero attached hydrogens (tertiary/aromatic N) is 4. The highest BCUT2D eigenvalue weighted by Gasteiger charge is 2.50. The number of carbonyl (C=O) groups excluding carboxylic acids is 3. The fourth-order valence-electron chi connectivity index (χ4n) is 6.08. The van der Waals surface area contributed by atoms with Crippen LogP contribution in [-0.4, -0.2) is 89.2 Å². The first-order valence-electron chi connectivity index (χ1n) is 13.3. The molecular weight excluding hydrogens is 488 g/mol. The lowest BCUT2D eigenvalue weighted by Gasteiger charge is -2.44. The molecule has 1 unspecified atom stereocenters. The average Bonchev–Trinajstić information content (AvgIpc) is 3.36. The number of piperidine rings is 2. The molecule has 2 N–H and O–H groups in total. The maximum atomic E-state index is 13.7. The van der Waals surface area contributed by atoms with Gasteiger partial charge in [-0.25, -0.2) is 4.79 Å². The number of benzene rings is 1. The van der Waals surface area contributed by atoms with E-state index in [4.69, 9.17) is 4.99 Å². The average molecular weight is 525 g/mol. The van der Waals surface area contributed by atoms with Gasteiger partial charge in [0.1, 0.15) is 10.8 Å². The van der Waals surface area contributed by atoms with Crippen molar-refractivity contribution < 1.29 is 14.4 Å². The van der Waals surface area contributed by atoms with Crippen LogP contribution in [0.3, 0.4) is 0 Å². The Bertz CT molecular complexity index is 1230. The summed E-state index contributed by atoms with van der Waals surface area (Å²) in [4.78, 5) is 50.2. The Balaban J connectivity index is 1.28. The molecule has 1 aromatic carbocycles. The standard InChI is InChI=1S/C27H36N6O3S/c1-4-28-26(36)29-23-22(20-9-6-7-10-21(20)37-23)24(34)31-15-11-19(12-16-31)32-14-8-13-27(17-32)25(35)33(5-2)18(3)30-27/h6-7,9-10,19H,4-5,8,11-17H2,1-3H3,(H2,28,29,36). The van der Waals surface area contributed by atoms with Crippen LogP contribution < -0.4 is 10.6 Å². The lowest BCUT2D eigenvalue weighted by molar-refractivity contribution is -0.133. The molecule has 9 nitrogen and oxygen atoms in total. The second-order valence-electron chi connectivity index (χ2n) is 10.1. The lowest BCUT2D eigenvalue weighted by atomic mass is 9.87. The molecule has 5 rings (SSSR count). The number of rotatable bonds is 5. The van der Waals surface area contributed by atoms with Gasteiger partial charge in [0.2, 0.25) is 0 Å². The third-order valence-corrected chi connectivity index (χ3v) is 8.95. The number of hydrogen-bond acceptors (Lipinski definition) is 6. The molecule has 4 heterocycles. The summed E-state index contributed by atoms with van der Waals surface area (Å²) < 4.78 is 0.976. The van der Waals surface area contributed by atoms with Crippen molar-refractivity contribution in [3.8, 4) is 0 Å². The number of fused-ring (bicyclic) bond motifs is 1. The molecule has 2 saturated heterocycles. The number of nitrogens with one attached hydrogen (secondary N) is 2. The van der Waals surface area contributed by atoms with E-state index < -0.39 is 5.54 Å². The minimum atomic E-state index is -0.638. The van der Waals surface area contributed by atoms with E-state index in [9.17, 15) is 14.4 Å². The molecule has 2 fully saturated rings. The first-order chi connectivity index (χ1) is 17.9. The van der Waals surface area contributed by atoms with Gasteiger partial charge < -0.3 is 10.2 Å². The van der Waals surface area contributed by atoms with Crippen LogP contribution in [0.4, 0.5) is 9.80 Å². The van der Waals surface area contributed by atoms with E-state index in [1.165, 1.54) is 11.3 Å². The Morgan fingerprint density at radius 1 is 1.16 bits per heavy atom. The van der Waals surface area contributed by atoms with Crippen LogP contribution in [0.25, 0.3) is 10.1 Å². The number of likely N-dealkylation sites (N-methyl/N-ethyl adjacent to an activating group) is 1. The van der Waals surface area contributed by atoms with E-state index >= 15 is 0 Å². The Morgan fingerprint density at radius 3 is 2.62 bits per heavy atom. The number of likely N-dealkylation sites (tertiary alicyclic amines) is 2. The van der Waals surface area contributed by atoms with Gasteiger partial charge >= 0.3 is 6.03 Å². The number of amidine groups is 1. The summed E-state index contributed by atoms with van der Waals surface area (Å²) in [7, 11) is 0. The second-order valence-corrected chi connectivity index (χ2v) is 11.2. The largest absolute Gasteiger partial charge is 0.338 e. The van der Waals surface area contributed by atoms with Crippen molar-refractivity contribution in [3.05, 3.63) is 29.8 Å². The second kappa shape index (κ2) is 10.4. The van der Waals surface area contributed by atoms with E-state index in [-0.39, 0.29) is 17.8 Å². The quantitative estimate of drug-likeness (QED) is 0.622. The van der Waals surface area contributed by atoms with Gasteiger partial charge in [0.05, 0.1) is 5.56 Å². The topological polar surface area (TPSA) is 97.3 Å². The summed E-state index contributed by atoms with van der Waals surface area (Å²) in [6.45, 7) is 9.88. The van der Waals surface area contributed by atoms with Crippen LogP contribution in [0.2, 0.25) is 0 Å². The number of urea groups is 1. The van der Waals surface area contributed by atoms with Gasteiger partial charge in [-0.2, -0.15) is 0 Å². The fraction of sp³-hybridized carbons (Fsp3) is 0.556. The molecular formula is C27H36N6O3S. The third-order valence-electron chi connectivity index (χ3n) is 7.87. The molecule has 0 radical (unpaired) electrons. The van der Waals surface area contributed by atoms with E-state index in [1.54, 1.807) is 0 Å². The number of aliphatic imine (C=N–C) groups is 1. The molecule has 3 aliphatic rings. The van der Waals surface area contributed by atoms with Crippen molar-refractivity contribution in [3.63, 3.8) is 0 Å². The number of hydrogen-bond donors (Lipinski definition) is 2. The van der Waals surface area contributed by atoms with Crippen molar-refractivity contribution in [2.75, 3.05) is 44.6 Å². The van der Waals surface area contributed by atoms with Crippen molar-refractivity contribution >= 4 is 50.1 Å². The number of thiophene rings is 1. The van der Waals surface area contributed by atoms with Crippen LogP contribution >= 0.6 is 11.3 Å². The Labute approximate surface area is 221 Å². The molecule has 10 heteroatoms. The molecule has 1 aromatic heterocycles. The van der Waals surface area contributed by atoms with Crippen LogP contribution in [0.5, 0.6) is 0 Å². The minimum Gasteiger partial charge on any atom is -0.338 e. The first kappa shape index (κ1) is 25.7. The summed E-state index contributed by atoms with van der Waals surface area (Å²) >= 11 is 1.43. The van der Waals surface area contributed by atoms with Gasteiger partial charge in [0, 0.05) is 48.9 Å². The van der Waals surface area contributed by atoms with Crippen molar-refractivity contribution in [1.29, 1.82) is 0 Å². The van der Waals surface area contributed by atoms with Crippen molar-refractivity contribution in [2.45, 2.75) is 58.0 Å². The van der Waals surface area contributed by atoms with Gasteiger partial charge in [0.15, 0.2) is 5.54 Å². The lowest BCUT2D eigenvalue weighted by Crippen LogP contribution is -2.57. The smallest absolute Gasteiger partial charge is 0.319 e. The number of carbonyl (C=O) groups is 3. The predicted molar refractivity (Wildman–Crippen MR) is 147 cm³/mol. The Hall–Kier alpha value is -2.98.